The molecule has 0 spiro atoms. The van der Waals surface area contributed by atoms with Gasteiger partial charge in [0.1, 0.15) is 34.6 Å². The molecule has 0 unspecified atom stereocenters. The zero-order chi connectivity index (χ0) is 35.5. The van der Waals surface area contributed by atoms with Crippen LogP contribution in [0, 0.1) is 35.0 Å². The Labute approximate surface area is 276 Å². The van der Waals surface area contributed by atoms with Gasteiger partial charge in [-0.2, -0.15) is 8.78 Å². The van der Waals surface area contributed by atoms with Crippen molar-refractivity contribution in [3.05, 3.63) is 119 Å². The zero-order valence-electron chi connectivity index (χ0n) is 26.0. The van der Waals surface area contributed by atoms with Crippen LogP contribution in [-0.4, -0.2) is 6.36 Å². The minimum Gasteiger partial charge on any atom is -0.429 e. The number of hydrogen-bond donors (Lipinski definition) is 0. The van der Waals surface area contributed by atoms with E-state index in [1.165, 1.54) is 12.1 Å². The van der Waals surface area contributed by atoms with E-state index in [0.29, 0.717) is 30.2 Å². The molecule has 2 nitrogen and oxygen atoms in total. The number of alkyl halides is 5. The summed E-state index contributed by atoms with van der Waals surface area (Å²) >= 11 is 0. The minimum absolute atomic E-state index is 0.105. The Kier molecular flexibility index (Phi) is 10.6. The normalized spacial score (nSPS) is 17.0. The van der Waals surface area contributed by atoms with Crippen molar-refractivity contribution in [3.8, 4) is 33.8 Å². The number of ether oxygens (including phenoxy) is 2. The third kappa shape index (κ3) is 8.58. The third-order valence-corrected chi connectivity index (χ3v) is 8.59. The highest BCUT2D eigenvalue weighted by atomic mass is 19.4. The predicted molar refractivity (Wildman–Crippen MR) is 163 cm³/mol. The van der Waals surface area contributed by atoms with Crippen LogP contribution in [0.15, 0.2) is 78.9 Å². The summed E-state index contributed by atoms with van der Waals surface area (Å²) in [5.41, 5.74) is -1.64. The van der Waals surface area contributed by atoms with Crippen LogP contribution in [0.1, 0.15) is 62.5 Å². The van der Waals surface area contributed by atoms with E-state index in [1.807, 2.05) is 13.0 Å². The average molecular weight is 697 g/mol. The highest BCUT2D eigenvalue weighted by Gasteiger charge is 2.42. The largest absolute Gasteiger partial charge is 0.573 e. The van der Waals surface area contributed by atoms with Crippen molar-refractivity contribution in [2.24, 2.45) is 5.92 Å². The van der Waals surface area contributed by atoms with Gasteiger partial charge in [0.25, 0.3) is 0 Å². The topological polar surface area (TPSA) is 18.5 Å². The second-order valence-electron chi connectivity index (χ2n) is 11.9. The Morgan fingerprint density at radius 1 is 0.653 bits per heavy atom. The first-order chi connectivity index (χ1) is 23.1. The Balaban J connectivity index is 1.31. The maximum Gasteiger partial charge on any atom is 0.573 e. The van der Waals surface area contributed by atoms with Gasteiger partial charge >= 0.3 is 12.5 Å². The first-order valence-electron chi connectivity index (χ1n) is 15.5. The van der Waals surface area contributed by atoms with Crippen molar-refractivity contribution < 1.29 is 53.4 Å². The molecule has 1 saturated carbocycles. The molecule has 4 aromatic rings. The van der Waals surface area contributed by atoms with E-state index in [-0.39, 0.29) is 28.7 Å². The van der Waals surface area contributed by atoms with Gasteiger partial charge in [-0.15, -0.1) is 13.2 Å². The molecular formula is C37H30F10O2. The molecule has 12 heteroatoms. The second kappa shape index (κ2) is 14.6. The Morgan fingerprint density at radius 3 is 1.86 bits per heavy atom. The van der Waals surface area contributed by atoms with E-state index in [0.717, 1.165) is 56.2 Å². The van der Waals surface area contributed by atoms with Crippen LogP contribution >= 0.6 is 0 Å². The molecular weight excluding hydrogens is 666 g/mol. The number of rotatable bonds is 10. The van der Waals surface area contributed by atoms with Gasteiger partial charge in [0.2, 0.25) is 0 Å². The van der Waals surface area contributed by atoms with Crippen LogP contribution < -0.4 is 9.47 Å². The van der Waals surface area contributed by atoms with Gasteiger partial charge in [0.15, 0.2) is 11.6 Å². The lowest BCUT2D eigenvalue weighted by molar-refractivity contribution is -0.275. The fourth-order valence-electron chi connectivity index (χ4n) is 6.18. The van der Waals surface area contributed by atoms with Gasteiger partial charge in [-0.25, -0.2) is 22.0 Å². The number of hydrogen-bond acceptors (Lipinski definition) is 2. The molecule has 49 heavy (non-hydrogen) atoms. The quantitative estimate of drug-likeness (QED) is 0.121. The lowest BCUT2D eigenvalue weighted by atomic mass is 9.77. The second-order valence-corrected chi connectivity index (χ2v) is 11.9. The maximum atomic E-state index is 15.3. The summed E-state index contributed by atoms with van der Waals surface area (Å²) in [5, 5.41) is 0. The number of benzene rings is 4. The van der Waals surface area contributed by atoms with Gasteiger partial charge in [-0.3, -0.25) is 0 Å². The molecule has 1 aliphatic carbocycles. The van der Waals surface area contributed by atoms with Gasteiger partial charge in [0.05, 0.1) is 0 Å². The van der Waals surface area contributed by atoms with Crippen LogP contribution in [0.25, 0.3) is 22.3 Å². The summed E-state index contributed by atoms with van der Waals surface area (Å²) in [4.78, 5) is 0. The lowest BCUT2D eigenvalue weighted by Crippen LogP contribution is -2.25. The maximum absolute atomic E-state index is 15.3. The van der Waals surface area contributed by atoms with E-state index in [1.54, 1.807) is 12.1 Å². The Bertz CT molecular complexity index is 1800. The molecule has 4 aromatic carbocycles. The van der Waals surface area contributed by atoms with E-state index in [2.05, 4.69) is 15.5 Å². The Morgan fingerprint density at radius 2 is 1.27 bits per heavy atom. The van der Waals surface area contributed by atoms with Crippen LogP contribution in [0.4, 0.5) is 43.9 Å². The molecule has 260 valence electrons. The molecule has 0 N–H and O–H groups in total. The first-order valence-corrected chi connectivity index (χ1v) is 15.5. The Hall–Kier alpha value is -4.48. The summed E-state index contributed by atoms with van der Waals surface area (Å²) in [6.07, 6.45) is 0.324. The van der Waals surface area contributed by atoms with Gasteiger partial charge in [0, 0.05) is 17.2 Å². The van der Waals surface area contributed by atoms with Crippen molar-refractivity contribution in [3.63, 3.8) is 0 Å². The summed E-state index contributed by atoms with van der Waals surface area (Å²) < 4.78 is 149. The van der Waals surface area contributed by atoms with E-state index < -0.39 is 64.2 Å². The lowest BCUT2D eigenvalue weighted by Gasteiger charge is -2.28. The fourth-order valence-corrected chi connectivity index (χ4v) is 6.18. The van der Waals surface area contributed by atoms with Crippen LogP contribution in [-0.2, 0) is 6.11 Å². The van der Waals surface area contributed by atoms with Crippen LogP contribution in [0.2, 0.25) is 0 Å². The molecule has 0 aromatic heterocycles. The summed E-state index contributed by atoms with van der Waals surface area (Å²) in [6, 6.07) is 10.0. The standard InChI is InChI=1S/C37H30F10O2/c1-2-3-4-5-21-6-8-22(9-7-21)23-10-13-27(29(38)16-23)24-11-14-28(30(39)17-24)25-18-32(41)35(33(42)19-25)36(43,44)48-26-12-15-34(31(40)20-26)49-37(45,46)47/h2-3,10-22H,4-9H2,1H3/b3-2+. The summed E-state index contributed by atoms with van der Waals surface area (Å²) in [6.45, 7) is 1.99. The van der Waals surface area contributed by atoms with Crippen molar-refractivity contribution in [1.29, 1.82) is 0 Å². The van der Waals surface area contributed by atoms with Gasteiger partial charge in [-0.1, -0.05) is 36.4 Å². The molecule has 0 heterocycles. The summed E-state index contributed by atoms with van der Waals surface area (Å²) in [5.74, 6) is -8.57. The molecule has 0 atom stereocenters. The highest BCUT2D eigenvalue weighted by molar-refractivity contribution is 5.72. The third-order valence-electron chi connectivity index (χ3n) is 8.59. The van der Waals surface area contributed by atoms with E-state index in [4.69, 9.17) is 0 Å². The molecule has 0 amide bonds. The van der Waals surface area contributed by atoms with Crippen molar-refractivity contribution >= 4 is 0 Å². The van der Waals surface area contributed by atoms with E-state index in [9.17, 15) is 35.1 Å². The SMILES string of the molecule is C/C=C/CCC1CCC(c2ccc(-c3ccc(-c4cc(F)c(C(F)(F)Oc5ccc(OC(F)(F)F)c(F)c5)c(F)c4)c(F)c3)c(F)c2)CC1. The smallest absolute Gasteiger partial charge is 0.429 e. The van der Waals surface area contributed by atoms with Crippen molar-refractivity contribution in [1.82, 2.24) is 0 Å². The predicted octanol–water partition coefficient (Wildman–Crippen LogP) is 12.4. The molecule has 0 saturated heterocycles. The van der Waals surface area contributed by atoms with Crippen molar-refractivity contribution in [2.75, 3.05) is 0 Å². The molecule has 1 fully saturated rings. The molecule has 1 aliphatic rings. The highest BCUT2D eigenvalue weighted by Crippen LogP contribution is 2.41. The first kappa shape index (κ1) is 35.8. The minimum atomic E-state index is -5.27. The van der Waals surface area contributed by atoms with Gasteiger partial charge in [-0.05, 0) is 110 Å². The monoisotopic (exact) mass is 696 g/mol. The van der Waals surface area contributed by atoms with Gasteiger partial charge < -0.3 is 9.47 Å². The summed E-state index contributed by atoms with van der Waals surface area (Å²) in [7, 11) is 0. The van der Waals surface area contributed by atoms with Crippen LogP contribution in [0.3, 0.4) is 0 Å². The van der Waals surface area contributed by atoms with Crippen LogP contribution in [0.5, 0.6) is 11.5 Å². The molecule has 0 aliphatic heterocycles. The number of allylic oxidation sites excluding steroid dienone is 2. The fraction of sp³-hybridized carbons (Fsp3) is 0.297. The number of halogens is 10. The molecule has 0 bridgehead atoms. The van der Waals surface area contributed by atoms with Crippen molar-refractivity contribution in [2.45, 2.75) is 63.8 Å². The van der Waals surface area contributed by atoms with E-state index >= 15 is 8.78 Å². The zero-order valence-corrected chi connectivity index (χ0v) is 26.0. The average Bonchev–Trinajstić information content (AvgIpc) is 3.01. The molecule has 0 radical (unpaired) electrons. The molecule has 5 rings (SSSR count).